The fourth-order valence-corrected chi connectivity index (χ4v) is 2.98. The van der Waals surface area contributed by atoms with E-state index in [2.05, 4.69) is 45.9 Å². The van der Waals surface area contributed by atoms with Crippen molar-refractivity contribution in [3.63, 3.8) is 0 Å². The highest BCUT2D eigenvalue weighted by Crippen LogP contribution is 2.10. The Balaban J connectivity index is 1.40. The van der Waals surface area contributed by atoms with E-state index < -0.39 is 0 Å². The Morgan fingerprint density at radius 2 is 1.80 bits per heavy atom. The normalized spacial score (nSPS) is 16.6. The molecule has 1 aromatic carbocycles. The molecular weight excluding hydrogens is 316 g/mol. The molecular formula is C19H28N4O2. The third kappa shape index (κ3) is 5.92. The van der Waals surface area contributed by atoms with E-state index in [1.807, 2.05) is 18.2 Å². The van der Waals surface area contributed by atoms with Crippen molar-refractivity contribution in [1.82, 2.24) is 19.9 Å². The summed E-state index contributed by atoms with van der Waals surface area (Å²) in [6.45, 7) is 10.9. The second-order valence-electron chi connectivity index (χ2n) is 6.80. The van der Waals surface area contributed by atoms with Crippen molar-refractivity contribution < 1.29 is 9.26 Å². The first-order chi connectivity index (χ1) is 12.2. The third-order valence-electron chi connectivity index (χ3n) is 4.40. The molecule has 0 aliphatic carbocycles. The Hall–Kier alpha value is -1.76. The highest BCUT2D eigenvalue weighted by Gasteiger charge is 2.19. The predicted molar refractivity (Wildman–Crippen MR) is 96.4 cm³/mol. The summed E-state index contributed by atoms with van der Waals surface area (Å²) in [5.41, 5.74) is 1.20. The standard InChI is InChI=1S/C19H28N4O2/c1-16(2)24-13-12-22-8-10-23(11-9-22)15-19-20-18(21-25-19)14-17-6-4-3-5-7-17/h3-7,16H,8-15H2,1-2H3. The summed E-state index contributed by atoms with van der Waals surface area (Å²) in [7, 11) is 0. The quantitative estimate of drug-likeness (QED) is 0.732. The maximum absolute atomic E-state index is 5.63. The summed E-state index contributed by atoms with van der Waals surface area (Å²) in [6, 6.07) is 10.2. The molecule has 1 aliphatic rings. The van der Waals surface area contributed by atoms with Gasteiger partial charge < -0.3 is 9.26 Å². The van der Waals surface area contributed by atoms with Crippen LogP contribution in [0.2, 0.25) is 0 Å². The third-order valence-corrected chi connectivity index (χ3v) is 4.40. The van der Waals surface area contributed by atoms with Gasteiger partial charge in [0.25, 0.3) is 0 Å². The zero-order valence-corrected chi connectivity index (χ0v) is 15.2. The number of rotatable bonds is 8. The lowest BCUT2D eigenvalue weighted by Gasteiger charge is -2.33. The molecule has 6 heteroatoms. The summed E-state index contributed by atoms with van der Waals surface area (Å²) in [4.78, 5) is 9.36. The van der Waals surface area contributed by atoms with Gasteiger partial charge in [-0.25, -0.2) is 0 Å². The second kappa shape index (κ2) is 9.08. The van der Waals surface area contributed by atoms with E-state index >= 15 is 0 Å². The van der Waals surface area contributed by atoms with Crippen molar-refractivity contribution in [2.45, 2.75) is 32.9 Å². The van der Waals surface area contributed by atoms with Crippen molar-refractivity contribution in [3.05, 3.63) is 47.6 Å². The van der Waals surface area contributed by atoms with Crippen molar-refractivity contribution in [3.8, 4) is 0 Å². The van der Waals surface area contributed by atoms with Crippen molar-refractivity contribution in [2.24, 2.45) is 0 Å². The minimum absolute atomic E-state index is 0.309. The van der Waals surface area contributed by atoms with Gasteiger partial charge in [0.2, 0.25) is 5.89 Å². The number of ether oxygens (including phenoxy) is 1. The van der Waals surface area contributed by atoms with Gasteiger partial charge in [0.05, 0.1) is 19.3 Å². The van der Waals surface area contributed by atoms with Gasteiger partial charge in [0.1, 0.15) is 0 Å². The molecule has 1 aliphatic heterocycles. The summed E-state index contributed by atoms with van der Waals surface area (Å²) < 4.78 is 11.1. The zero-order valence-electron chi connectivity index (χ0n) is 15.2. The molecule has 1 aromatic heterocycles. The summed E-state index contributed by atoms with van der Waals surface area (Å²) in [6.07, 6.45) is 1.03. The first kappa shape index (κ1) is 18.0. The fourth-order valence-electron chi connectivity index (χ4n) is 2.98. The van der Waals surface area contributed by atoms with Crippen LogP contribution in [0.3, 0.4) is 0 Å². The van der Waals surface area contributed by atoms with Gasteiger partial charge in [0.15, 0.2) is 5.82 Å². The number of aromatic nitrogens is 2. The molecule has 0 amide bonds. The monoisotopic (exact) mass is 344 g/mol. The van der Waals surface area contributed by atoms with Gasteiger partial charge in [-0.2, -0.15) is 4.98 Å². The van der Waals surface area contributed by atoms with Gasteiger partial charge in [-0.05, 0) is 19.4 Å². The largest absolute Gasteiger partial charge is 0.377 e. The molecule has 1 saturated heterocycles. The first-order valence-corrected chi connectivity index (χ1v) is 9.11. The fraction of sp³-hybridized carbons (Fsp3) is 0.579. The van der Waals surface area contributed by atoms with Gasteiger partial charge in [0, 0.05) is 39.1 Å². The Morgan fingerprint density at radius 1 is 1.08 bits per heavy atom. The maximum atomic E-state index is 5.63. The lowest BCUT2D eigenvalue weighted by atomic mass is 10.1. The van der Waals surface area contributed by atoms with Crippen molar-refractivity contribution >= 4 is 0 Å². The van der Waals surface area contributed by atoms with E-state index in [9.17, 15) is 0 Å². The number of hydrogen-bond donors (Lipinski definition) is 0. The lowest BCUT2D eigenvalue weighted by Crippen LogP contribution is -2.46. The van der Waals surface area contributed by atoms with E-state index in [4.69, 9.17) is 9.26 Å². The lowest BCUT2D eigenvalue weighted by molar-refractivity contribution is 0.0423. The van der Waals surface area contributed by atoms with Crippen LogP contribution in [0.1, 0.15) is 31.1 Å². The van der Waals surface area contributed by atoms with Crippen LogP contribution in [-0.4, -0.2) is 65.4 Å². The molecule has 0 atom stereocenters. The van der Waals surface area contributed by atoms with Crippen LogP contribution in [0.4, 0.5) is 0 Å². The van der Waals surface area contributed by atoms with E-state index in [-0.39, 0.29) is 0 Å². The topological polar surface area (TPSA) is 54.6 Å². The molecule has 0 saturated carbocycles. The number of nitrogens with zero attached hydrogens (tertiary/aromatic N) is 4. The average Bonchev–Trinajstić information content (AvgIpc) is 3.04. The van der Waals surface area contributed by atoms with Crippen molar-refractivity contribution in [1.29, 1.82) is 0 Å². The van der Waals surface area contributed by atoms with Crippen LogP contribution >= 0.6 is 0 Å². The molecule has 0 bridgehead atoms. The molecule has 136 valence electrons. The summed E-state index contributed by atoms with van der Waals surface area (Å²) in [5.74, 6) is 1.47. The Labute approximate surface area is 149 Å². The first-order valence-electron chi connectivity index (χ1n) is 9.11. The molecule has 0 N–H and O–H groups in total. The summed E-state index contributed by atoms with van der Waals surface area (Å²) >= 11 is 0. The molecule has 25 heavy (non-hydrogen) atoms. The minimum Gasteiger partial charge on any atom is -0.377 e. The van der Waals surface area contributed by atoms with Crippen LogP contribution in [0.5, 0.6) is 0 Å². The molecule has 0 spiro atoms. The van der Waals surface area contributed by atoms with Crippen LogP contribution < -0.4 is 0 Å². The molecule has 6 nitrogen and oxygen atoms in total. The van der Waals surface area contributed by atoms with Gasteiger partial charge in [-0.3, -0.25) is 9.80 Å². The van der Waals surface area contributed by atoms with Crippen LogP contribution in [0.15, 0.2) is 34.9 Å². The number of benzene rings is 1. The van der Waals surface area contributed by atoms with Crippen LogP contribution in [0, 0.1) is 0 Å². The Bertz CT molecular complexity index is 621. The van der Waals surface area contributed by atoms with Gasteiger partial charge in [-0.1, -0.05) is 35.5 Å². The Morgan fingerprint density at radius 3 is 2.52 bits per heavy atom. The van der Waals surface area contributed by atoms with Gasteiger partial charge >= 0.3 is 0 Å². The smallest absolute Gasteiger partial charge is 0.240 e. The van der Waals surface area contributed by atoms with E-state index in [1.165, 1.54) is 5.56 Å². The van der Waals surface area contributed by atoms with Crippen LogP contribution in [-0.2, 0) is 17.7 Å². The second-order valence-corrected chi connectivity index (χ2v) is 6.80. The molecule has 2 aromatic rings. The molecule has 2 heterocycles. The number of piperazine rings is 1. The molecule has 3 rings (SSSR count). The average molecular weight is 344 g/mol. The summed E-state index contributed by atoms with van der Waals surface area (Å²) in [5, 5.41) is 4.11. The highest BCUT2D eigenvalue weighted by molar-refractivity contribution is 5.18. The zero-order chi connectivity index (χ0) is 17.5. The maximum Gasteiger partial charge on any atom is 0.240 e. The van der Waals surface area contributed by atoms with E-state index in [0.717, 1.165) is 51.7 Å². The number of hydrogen-bond acceptors (Lipinski definition) is 6. The SMILES string of the molecule is CC(C)OCCN1CCN(Cc2nc(Cc3ccccc3)no2)CC1. The highest BCUT2D eigenvalue weighted by atomic mass is 16.5. The van der Waals surface area contributed by atoms with E-state index in [0.29, 0.717) is 18.4 Å². The van der Waals surface area contributed by atoms with Crippen LogP contribution in [0.25, 0.3) is 0 Å². The van der Waals surface area contributed by atoms with Gasteiger partial charge in [-0.15, -0.1) is 0 Å². The molecule has 1 fully saturated rings. The minimum atomic E-state index is 0.309. The van der Waals surface area contributed by atoms with E-state index in [1.54, 1.807) is 0 Å². The Kier molecular flexibility index (Phi) is 6.55. The predicted octanol–water partition coefficient (Wildman–Crippen LogP) is 2.20. The molecule has 0 radical (unpaired) electrons. The van der Waals surface area contributed by atoms with Crippen molar-refractivity contribution in [2.75, 3.05) is 39.3 Å². The molecule has 0 unspecified atom stereocenters.